The standard InChI is InChI=1S/C45H35N2OP/c1-45(2)39-20-10-13-23-43(39)47(44-24-14-11-21-40(44)45)33-27-30-42-38(31-33)37-19-9-12-22-41(37)46(42)32-25-28-36(29-26-32)49(48,34-15-5-3-6-16-34)35-17-7-4-8-18-35/h3-31H,1-2H3. The van der Waals surface area contributed by atoms with Gasteiger partial charge < -0.3 is 14.0 Å². The number of hydrogen-bond acceptors (Lipinski definition) is 2. The summed E-state index contributed by atoms with van der Waals surface area (Å²) in [6, 6.07) is 61.1. The minimum absolute atomic E-state index is 0.110. The second-order valence-electron chi connectivity index (χ2n) is 13.3. The fraction of sp³-hybridized carbons (Fsp3) is 0.0667. The molecular weight excluding hydrogens is 615 g/mol. The maximum Gasteiger partial charge on any atom is 0.171 e. The molecule has 0 fully saturated rings. The molecule has 0 saturated carbocycles. The maximum absolute atomic E-state index is 15.0. The molecule has 9 rings (SSSR count). The van der Waals surface area contributed by atoms with Gasteiger partial charge in [0.1, 0.15) is 0 Å². The van der Waals surface area contributed by atoms with Crippen LogP contribution in [0.15, 0.2) is 176 Å². The van der Waals surface area contributed by atoms with E-state index in [9.17, 15) is 0 Å². The predicted molar refractivity (Wildman–Crippen MR) is 207 cm³/mol. The Hall–Kier alpha value is -5.63. The monoisotopic (exact) mass is 650 g/mol. The lowest BCUT2D eigenvalue weighted by Gasteiger charge is -2.42. The Balaban J connectivity index is 1.20. The Bertz CT molecular complexity index is 2460. The Morgan fingerprint density at radius 2 is 0.918 bits per heavy atom. The molecule has 49 heavy (non-hydrogen) atoms. The number of nitrogens with zero attached hydrogens (tertiary/aromatic N) is 2. The van der Waals surface area contributed by atoms with E-state index >= 15 is 4.57 Å². The highest BCUT2D eigenvalue weighted by Gasteiger charge is 2.36. The summed E-state index contributed by atoms with van der Waals surface area (Å²) in [7, 11) is -3.07. The molecule has 1 aromatic heterocycles. The summed E-state index contributed by atoms with van der Waals surface area (Å²) in [5.74, 6) is 0. The minimum atomic E-state index is -3.07. The molecule has 0 radical (unpaired) electrons. The summed E-state index contributed by atoms with van der Waals surface area (Å²) >= 11 is 0. The van der Waals surface area contributed by atoms with E-state index in [0.717, 1.165) is 38.3 Å². The van der Waals surface area contributed by atoms with Crippen molar-refractivity contribution in [2.24, 2.45) is 0 Å². The summed E-state index contributed by atoms with van der Waals surface area (Å²) in [6.45, 7) is 4.64. The first-order valence-electron chi connectivity index (χ1n) is 16.8. The van der Waals surface area contributed by atoms with Gasteiger partial charge in [-0.05, 0) is 71.8 Å². The summed E-state index contributed by atoms with van der Waals surface area (Å²) in [4.78, 5) is 2.42. The lowest BCUT2D eigenvalue weighted by molar-refractivity contribution is 0.592. The van der Waals surface area contributed by atoms with Crippen molar-refractivity contribution in [2.75, 3.05) is 4.90 Å². The van der Waals surface area contributed by atoms with Crippen LogP contribution in [-0.4, -0.2) is 4.57 Å². The van der Waals surface area contributed by atoms with Gasteiger partial charge in [0.2, 0.25) is 0 Å². The van der Waals surface area contributed by atoms with Crippen molar-refractivity contribution in [1.29, 1.82) is 0 Å². The first-order chi connectivity index (χ1) is 24.0. The number of fused-ring (bicyclic) bond motifs is 5. The molecule has 0 saturated heterocycles. The summed E-state index contributed by atoms with van der Waals surface area (Å²) in [6.07, 6.45) is 0. The molecule has 1 aliphatic heterocycles. The van der Waals surface area contributed by atoms with Crippen molar-refractivity contribution in [3.8, 4) is 5.69 Å². The SMILES string of the molecule is CC1(C)c2ccccc2N(c2ccc3c(c2)c2ccccc2n3-c2ccc(P(=O)(c3ccccc3)c3ccccc3)cc2)c2ccccc21. The van der Waals surface area contributed by atoms with Gasteiger partial charge in [-0.25, -0.2) is 0 Å². The van der Waals surface area contributed by atoms with E-state index in [2.05, 4.69) is 139 Å². The van der Waals surface area contributed by atoms with E-state index in [1.807, 2.05) is 60.7 Å². The molecule has 0 aliphatic carbocycles. The zero-order valence-electron chi connectivity index (χ0n) is 27.5. The summed E-state index contributed by atoms with van der Waals surface area (Å²) < 4.78 is 17.4. The first kappa shape index (κ1) is 29.5. The fourth-order valence-electron chi connectivity index (χ4n) is 7.86. The van der Waals surface area contributed by atoms with Crippen molar-refractivity contribution in [3.63, 3.8) is 0 Å². The van der Waals surface area contributed by atoms with Crippen molar-refractivity contribution in [3.05, 3.63) is 187 Å². The van der Waals surface area contributed by atoms with Gasteiger partial charge in [0.25, 0.3) is 0 Å². The molecular formula is C45H35N2OP. The van der Waals surface area contributed by atoms with Crippen LogP contribution in [-0.2, 0) is 9.98 Å². The molecule has 0 atom stereocenters. The normalized spacial score (nSPS) is 13.7. The van der Waals surface area contributed by atoms with Crippen LogP contribution < -0.4 is 20.8 Å². The number of hydrogen-bond donors (Lipinski definition) is 0. The summed E-state index contributed by atoms with van der Waals surface area (Å²) in [5, 5.41) is 4.88. The quantitative estimate of drug-likeness (QED) is 0.173. The van der Waals surface area contributed by atoms with Crippen LogP contribution in [0.3, 0.4) is 0 Å². The zero-order valence-corrected chi connectivity index (χ0v) is 28.4. The van der Waals surface area contributed by atoms with Crippen LogP contribution in [0.2, 0.25) is 0 Å². The van der Waals surface area contributed by atoms with Crippen LogP contribution in [0.25, 0.3) is 27.5 Å². The number of rotatable bonds is 5. The van der Waals surface area contributed by atoms with Crippen LogP contribution >= 0.6 is 7.14 Å². The van der Waals surface area contributed by atoms with Gasteiger partial charge in [-0.1, -0.05) is 129 Å². The molecule has 3 nitrogen and oxygen atoms in total. The third kappa shape index (κ3) is 4.46. The van der Waals surface area contributed by atoms with Gasteiger partial charge in [-0.2, -0.15) is 0 Å². The van der Waals surface area contributed by atoms with Crippen molar-refractivity contribution >= 4 is 61.9 Å². The number of anilines is 3. The van der Waals surface area contributed by atoms with Gasteiger partial charge in [-0.15, -0.1) is 0 Å². The highest BCUT2D eigenvalue weighted by Crippen LogP contribution is 2.52. The average molecular weight is 651 g/mol. The third-order valence-electron chi connectivity index (χ3n) is 10.3. The van der Waals surface area contributed by atoms with E-state index in [4.69, 9.17) is 0 Å². The Morgan fingerprint density at radius 3 is 1.53 bits per heavy atom. The first-order valence-corrected chi connectivity index (χ1v) is 18.5. The molecule has 0 spiro atoms. The molecule has 7 aromatic carbocycles. The third-order valence-corrected chi connectivity index (χ3v) is 13.3. The molecule has 0 amide bonds. The zero-order chi connectivity index (χ0) is 33.2. The van der Waals surface area contributed by atoms with E-state index in [1.165, 1.54) is 33.3 Å². The highest BCUT2D eigenvalue weighted by atomic mass is 31.2. The molecule has 0 bridgehead atoms. The van der Waals surface area contributed by atoms with Crippen LogP contribution in [0.4, 0.5) is 17.1 Å². The molecule has 0 unspecified atom stereocenters. The van der Waals surface area contributed by atoms with Gasteiger partial charge in [0, 0.05) is 43.5 Å². The van der Waals surface area contributed by atoms with Crippen LogP contribution in [0.5, 0.6) is 0 Å². The minimum Gasteiger partial charge on any atom is -0.310 e. The largest absolute Gasteiger partial charge is 0.310 e. The fourth-order valence-corrected chi connectivity index (χ4v) is 10.5. The van der Waals surface area contributed by atoms with Crippen molar-refractivity contribution in [2.45, 2.75) is 19.3 Å². The van der Waals surface area contributed by atoms with Crippen LogP contribution in [0.1, 0.15) is 25.0 Å². The Kier molecular flexibility index (Phi) is 6.76. The smallest absolute Gasteiger partial charge is 0.171 e. The molecule has 4 heteroatoms. The van der Waals surface area contributed by atoms with E-state index in [0.29, 0.717) is 0 Å². The molecule has 0 N–H and O–H groups in total. The van der Waals surface area contributed by atoms with Gasteiger partial charge in [0.15, 0.2) is 7.14 Å². The Labute approximate surface area is 287 Å². The van der Waals surface area contributed by atoms with E-state index in [-0.39, 0.29) is 5.41 Å². The summed E-state index contributed by atoms with van der Waals surface area (Å²) in [5.41, 5.74) is 9.39. The molecule has 1 aliphatic rings. The predicted octanol–water partition coefficient (Wildman–Crippen LogP) is 10.5. The Morgan fingerprint density at radius 1 is 0.449 bits per heavy atom. The number of benzene rings is 7. The lowest BCUT2D eigenvalue weighted by Crippen LogP contribution is -2.30. The van der Waals surface area contributed by atoms with E-state index < -0.39 is 7.14 Å². The second kappa shape index (κ2) is 11.2. The topological polar surface area (TPSA) is 25.2 Å². The van der Waals surface area contributed by atoms with Gasteiger partial charge in [-0.3, -0.25) is 0 Å². The van der Waals surface area contributed by atoms with E-state index in [1.54, 1.807) is 0 Å². The molecule has 236 valence electrons. The second-order valence-corrected chi connectivity index (χ2v) is 16.1. The van der Waals surface area contributed by atoms with Gasteiger partial charge >= 0.3 is 0 Å². The number of para-hydroxylation sites is 3. The number of aromatic nitrogens is 1. The molecule has 2 heterocycles. The van der Waals surface area contributed by atoms with Crippen molar-refractivity contribution in [1.82, 2.24) is 4.57 Å². The molecule has 8 aromatic rings. The lowest BCUT2D eigenvalue weighted by atomic mass is 9.73. The average Bonchev–Trinajstić information content (AvgIpc) is 3.49. The maximum atomic E-state index is 15.0. The van der Waals surface area contributed by atoms with Crippen molar-refractivity contribution < 1.29 is 4.57 Å². The van der Waals surface area contributed by atoms with Gasteiger partial charge in [0.05, 0.1) is 22.4 Å². The van der Waals surface area contributed by atoms with Crippen LogP contribution in [0, 0.1) is 0 Å². The highest BCUT2D eigenvalue weighted by molar-refractivity contribution is 7.85.